The molecule has 0 aromatic carbocycles. The summed E-state index contributed by atoms with van der Waals surface area (Å²) < 4.78 is 36.8. The average Bonchev–Trinajstić information content (AvgIpc) is 3.38. The van der Waals surface area contributed by atoms with Crippen LogP contribution in [-0.4, -0.2) is 94.7 Å². The topological polar surface area (TPSA) is 198 Å². The summed E-state index contributed by atoms with van der Waals surface area (Å²) in [5.41, 5.74) is -10.8. The molecule has 0 aromatic rings. The maximum atomic E-state index is 14.4. The number of aliphatic hydroxyl groups is 2. The number of hydrogen-bond acceptors (Lipinski definition) is 14. The molecule has 53 heavy (non-hydrogen) atoms. The maximum absolute atomic E-state index is 14.4. The van der Waals surface area contributed by atoms with E-state index in [1.165, 1.54) is 27.9 Å². The van der Waals surface area contributed by atoms with Gasteiger partial charge < -0.3 is 38.6 Å². The zero-order valence-electron chi connectivity index (χ0n) is 32.7. The summed E-state index contributed by atoms with van der Waals surface area (Å²) >= 11 is 0. The van der Waals surface area contributed by atoms with Gasteiger partial charge in [0.2, 0.25) is 0 Å². The smallest absolute Gasteiger partial charge is 0.312 e. The van der Waals surface area contributed by atoms with Gasteiger partial charge in [-0.05, 0) is 51.0 Å². The Morgan fingerprint density at radius 2 is 1.34 bits per heavy atom. The van der Waals surface area contributed by atoms with Crippen molar-refractivity contribution in [3.05, 3.63) is 11.3 Å². The molecule has 1 heterocycles. The second kappa shape index (κ2) is 11.7. The Bertz CT molecular complexity index is 1720. The van der Waals surface area contributed by atoms with E-state index in [2.05, 4.69) is 0 Å². The summed E-state index contributed by atoms with van der Waals surface area (Å²) in [5.74, 6) is -6.49. The number of carbonyl (C=O) groups excluding carboxylic acids is 6. The number of aliphatic hydroxyl groups excluding tert-OH is 1. The maximum Gasteiger partial charge on any atom is 0.312 e. The van der Waals surface area contributed by atoms with E-state index in [9.17, 15) is 39.0 Å². The molecule has 14 nitrogen and oxygen atoms in total. The highest BCUT2D eigenvalue weighted by Crippen LogP contribution is 2.83. The summed E-state index contributed by atoms with van der Waals surface area (Å²) in [4.78, 5) is 80.5. The van der Waals surface area contributed by atoms with Gasteiger partial charge in [-0.1, -0.05) is 20.8 Å². The number of Topliss-reactive ketones (excluding diaryl/α,β-unsaturated/α-hetero) is 1. The second-order valence-corrected chi connectivity index (χ2v) is 17.8. The Hall–Kier alpha value is -3.52. The van der Waals surface area contributed by atoms with Gasteiger partial charge in [-0.2, -0.15) is 0 Å². The predicted molar refractivity (Wildman–Crippen MR) is 182 cm³/mol. The average molecular weight is 747 g/mol. The van der Waals surface area contributed by atoms with Gasteiger partial charge >= 0.3 is 29.8 Å². The Labute approximate surface area is 309 Å². The van der Waals surface area contributed by atoms with Gasteiger partial charge in [0.15, 0.2) is 23.8 Å². The van der Waals surface area contributed by atoms with Crippen molar-refractivity contribution in [2.24, 2.45) is 44.8 Å². The van der Waals surface area contributed by atoms with Gasteiger partial charge in [0.25, 0.3) is 0 Å². The van der Waals surface area contributed by atoms with Crippen LogP contribution in [0.2, 0.25) is 0 Å². The Morgan fingerprint density at radius 1 is 0.811 bits per heavy atom. The minimum atomic E-state index is -2.32. The number of hydrogen-bond donors (Lipinski definition) is 2. The van der Waals surface area contributed by atoms with Crippen molar-refractivity contribution in [1.82, 2.24) is 0 Å². The molecule has 2 spiro atoms. The predicted octanol–water partition coefficient (Wildman–Crippen LogP) is 3.12. The third kappa shape index (κ3) is 4.50. The molecule has 0 aromatic heterocycles. The van der Waals surface area contributed by atoms with E-state index < -0.39 is 116 Å². The van der Waals surface area contributed by atoms with Gasteiger partial charge in [0, 0.05) is 64.2 Å². The molecule has 294 valence electrons. The molecule has 2 bridgehead atoms. The van der Waals surface area contributed by atoms with Crippen molar-refractivity contribution < 1.29 is 67.4 Å². The van der Waals surface area contributed by atoms with Gasteiger partial charge in [0.1, 0.15) is 23.4 Å². The SMILES string of the molecule is COC1=C(C)[C@@]2(C)C[C@@H](O)[C@H]3[C@](C)([C@H]2CC1=O)[C@@H](OC(C)=O)[C@H](C)[C@]31[C@@]23C[C@@](C)(C[C@H](OC(C)=O)[C@]2(C)[C@@H](OC(C)=O)[C@@H](OC(C)=O)[C@]1(C)O)C(=O)O3. The number of carbonyl (C=O) groups is 6. The van der Waals surface area contributed by atoms with Crippen LogP contribution in [0.3, 0.4) is 0 Å². The summed E-state index contributed by atoms with van der Waals surface area (Å²) in [6.07, 6.45) is -7.01. The molecule has 6 aliphatic rings. The molecule has 5 aliphatic carbocycles. The number of methoxy groups -OCH3 is 1. The standard InChI is InChI=1S/C39H54O14/c1-17-27(48-12)23(44)13-25-34(17,8)14-24(45)28-35(25,9)29(50-20(4)41)18(2)39(28)37(11,47)31(52-22(6)43)30(51-21(5)42)36(10)26(49-19(3)40)15-33(7)16-38(36,39)53-32(33)46/h18,24-26,28-31,45,47H,13-16H2,1-12H3/t18-,24+,25-,26-,28-,29-,30-,31+,33+,34+,35-,36+,37-,38+,39-/m0/s1. The van der Waals surface area contributed by atoms with Crippen molar-refractivity contribution in [3.63, 3.8) is 0 Å². The fourth-order valence-corrected chi connectivity index (χ4v) is 13.6. The largest absolute Gasteiger partial charge is 0.493 e. The van der Waals surface area contributed by atoms with Gasteiger partial charge in [-0.25, -0.2) is 0 Å². The van der Waals surface area contributed by atoms with Crippen molar-refractivity contribution in [2.75, 3.05) is 7.11 Å². The van der Waals surface area contributed by atoms with Crippen LogP contribution in [-0.2, 0) is 57.2 Å². The van der Waals surface area contributed by atoms with Crippen LogP contribution in [0.4, 0.5) is 0 Å². The van der Waals surface area contributed by atoms with Crippen molar-refractivity contribution in [2.45, 2.75) is 144 Å². The number of fused-ring (bicyclic) bond motifs is 5. The summed E-state index contributed by atoms with van der Waals surface area (Å²) in [7, 11) is 1.42. The number of ketones is 1. The quantitative estimate of drug-likeness (QED) is 0.307. The van der Waals surface area contributed by atoms with Crippen LogP contribution in [0.15, 0.2) is 11.3 Å². The number of esters is 5. The normalized spacial score (nSPS) is 49.6. The van der Waals surface area contributed by atoms with E-state index >= 15 is 0 Å². The van der Waals surface area contributed by atoms with E-state index in [4.69, 9.17) is 28.4 Å². The highest BCUT2D eigenvalue weighted by atomic mass is 16.6. The van der Waals surface area contributed by atoms with E-state index in [1.54, 1.807) is 27.7 Å². The third-order valence-electron chi connectivity index (χ3n) is 15.2. The van der Waals surface area contributed by atoms with Gasteiger partial charge in [-0.15, -0.1) is 0 Å². The molecule has 0 amide bonds. The lowest BCUT2D eigenvalue weighted by molar-refractivity contribution is -0.383. The molecule has 1 aliphatic heterocycles. The van der Waals surface area contributed by atoms with Gasteiger partial charge in [-0.3, -0.25) is 28.8 Å². The Kier molecular flexibility index (Phi) is 8.68. The van der Waals surface area contributed by atoms with E-state index in [0.29, 0.717) is 5.57 Å². The van der Waals surface area contributed by atoms with Crippen molar-refractivity contribution >= 4 is 35.6 Å². The Morgan fingerprint density at radius 3 is 1.87 bits per heavy atom. The molecular weight excluding hydrogens is 692 g/mol. The molecule has 2 N–H and O–H groups in total. The number of rotatable bonds is 5. The molecule has 14 heteroatoms. The summed E-state index contributed by atoms with van der Waals surface area (Å²) in [6, 6.07) is 0. The van der Waals surface area contributed by atoms with Gasteiger partial charge in [0.05, 0.1) is 29.5 Å². The molecule has 1 saturated heterocycles. The molecule has 15 atom stereocenters. The minimum absolute atomic E-state index is 0.0548. The summed E-state index contributed by atoms with van der Waals surface area (Å²) in [5, 5.41) is 26.6. The molecule has 0 radical (unpaired) electrons. The van der Waals surface area contributed by atoms with Crippen LogP contribution in [0.25, 0.3) is 0 Å². The van der Waals surface area contributed by atoms with Crippen molar-refractivity contribution in [3.8, 4) is 0 Å². The van der Waals surface area contributed by atoms with Crippen LogP contribution in [0.5, 0.6) is 0 Å². The zero-order valence-corrected chi connectivity index (χ0v) is 32.7. The van der Waals surface area contributed by atoms with Crippen LogP contribution in [0.1, 0.15) is 102 Å². The number of allylic oxidation sites excluding steroid dienone is 2. The molecule has 4 saturated carbocycles. The lowest BCUT2D eigenvalue weighted by Crippen LogP contribution is -2.86. The lowest BCUT2D eigenvalue weighted by Gasteiger charge is -2.73. The molecule has 5 fully saturated rings. The molecular formula is C39H54O14. The first kappa shape index (κ1) is 39.2. The van der Waals surface area contributed by atoms with Crippen LogP contribution >= 0.6 is 0 Å². The first-order chi connectivity index (χ1) is 24.3. The van der Waals surface area contributed by atoms with Crippen LogP contribution in [0, 0.1) is 44.8 Å². The van der Waals surface area contributed by atoms with E-state index in [1.807, 2.05) is 13.8 Å². The fraction of sp³-hybridized carbons (Fsp3) is 0.795. The zero-order chi connectivity index (χ0) is 39.8. The first-order valence-corrected chi connectivity index (χ1v) is 18.4. The lowest BCUT2D eigenvalue weighted by atomic mass is 9.33. The first-order valence-electron chi connectivity index (χ1n) is 18.4. The molecule has 0 unspecified atom stereocenters. The Balaban J connectivity index is 1.79. The fourth-order valence-electron chi connectivity index (χ4n) is 13.6. The monoisotopic (exact) mass is 746 g/mol. The highest BCUT2D eigenvalue weighted by molar-refractivity contribution is 5.96. The highest BCUT2D eigenvalue weighted by Gasteiger charge is 2.94. The minimum Gasteiger partial charge on any atom is -0.493 e. The van der Waals surface area contributed by atoms with Crippen LogP contribution < -0.4 is 0 Å². The van der Waals surface area contributed by atoms with Crippen molar-refractivity contribution in [1.29, 1.82) is 0 Å². The summed E-state index contributed by atoms with van der Waals surface area (Å²) in [6.45, 7) is 16.8. The van der Waals surface area contributed by atoms with E-state index in [0.717, 1.165) is 13.8 Å². The molecule has 6 rings (SSSR count). The third-order valence-corrected chi connectivity index (χ3v) is 15.2. The second-order valence-electron chi connectivity index (χ2n) is 17.8. The van der Waals surface area contributed by atoms with E-state index in [-0.39, 0.29) is 37.2 Å². The number of ether oxygens (including phenoxy) is 6.